The van der Waals surface area contributed by atoms with Crippen LogP contribution >= 0.6 is 12.2 Å². The Kier molecular flexibility index (Phi) is 5.58. The zero-order chi connectivity index (χ0) is 20.1. The van der Waals surface area contributed by atoms with Crippen LogP contribution in [0.25, 0.3) is 11.4 Å². The fraction of sp³-hybridized carbons (Fsp3) is 0.0455. The molecule has 0 aliphatic heterocycles. The summed E-state index contributed by atoms with van der Waals surface area (Å²) in [7, 11) is 0. The maximum Gasteiger partial charge on any atom is 0.216 e. The second-order valence-corrected chi connectivity index (χ2v) is 6.65. The third-order valence-electron chi connectivity index (χ3n) is 4.20. The number of nitrogens with one attached hydrogen (secondary N) is 1. The van der Waals surface area contributed by atoms with E-state index in [1.807, 2.05) is 54.6 Å². The van der Waals surface area contributed by atoms with Crippen LogP contribution in [-0.2, 0) is 6.61 Å². The number of ether oxygens (including phenoxy) is 1. The molecule has 0 atom stereocenters. The van der Waals surface area contributed by atoms with Crippen LogP contribution in [0.5, 0.6) is 5.75 Å². The predicted molar refractivity (Wildman–Crippen MR) is 113 cm³/mol. The second kappa shape index (κ2) is 8.62. The molecule has 3 aromatic carbocycles. The van der Waals surface area contributed by atoms with Gasteiger partial charge in [0.1, 0.15) is 18.2 Å². The quantitative estimate of drug-likeness (QED) is 0.355. The van der Waals surface area contributed by atoms with Crippen LogP contribution in [0.15, 0.2) is 84.0 Å². The van der Waals surface area contributed by atoms with Gasteiger partial charge in [0.05, 0.1) is 6.21 Å². The van der Waals surface area contributed by atoms with Crippen molar-refractivity contribution in [2.75, 3.05) is 0 Å². The second-order valence-electron chi connectivity index (χ2n) is 6.26. The molecule has 0 aliphatic rings. The van der Waals surface area contributed by atoms with Gasteiger partial charge in [0, 0.05) is 5.56 Å². The Morgan fingerprint density at radius 1 is 1.00 bits per heavy atom. The molecule has 4 rings (SSSR count). The molecule has 0 saturated carbocycles. The van der Waals surface area contributed by atoms with E-state index in [0.717, 1.165) is 16.9 Å². The summed E-state index contributed by atoms with van der Waals surface area (Å²) in [6, 6.07) is 23.6. The predicted octanol–water partition coefficient (Wildman–Crippen LogP) is 5.21. The van der Waals surface area contributed by atoms with Gasteiger partial charge in [-0.3, -0.25) is 0 Å². The first-order valence-electron chi connectivity index (χ1n) is 8.93. The first kappa shape index (κ1) is 18.8. The molecule has 0 fully saturated rings. The van der Waals surface area contributed by atoms with E-state index in [1.165, 1.54) is 16.8 Å². The molecule has 0 spiro atoms. The third-order valence-corrected chi connectivity index (χ3v) is 4.47. The SMILES string of the molecule is Fc1ccc(-c2n[nH]c(=S)n2/N=C\c2ccc(OCc3ccccc3)cc2)cc1. The highest BCUT2D eigenvalue weighted by atomic mass is 32.1. The van der Waals surface area contributed by atoms with Crippen molar-refractivity contribution < 1.29 is 9.13 Å². The lowest BCUT2D eigenvalue weighted by atomic mass is 10.2. The maximum atomic E-state index is 13.2. The molecular weight excluding hydrogens is 387 g/mol. The van der Waals surface area contributed by atoms with Crippen LogP contribution in [0.4, 0.5) is 4.39 Å². The molecule has 0 aliphatic carbocycles. The molecule has 144 valence electrons. The minimum absolute atomic E-state index is 0.312. The van der Waals surface area contributed by atoms with Gasteiger partial charge in [-0.15, -0.1) is 0 Å². The highest BCUT2D eigenvalue weighted by Gasteiger charge is 2.08. The Morgan fingerprint density at radius 2 is 1.72 bits per heavy atom. The largest absolute Gasteiger partial charge is 0.489 e. The Balaban J connectivity index is 1.48. The van der Waals surface area contributed by atoms with E-state index < -0.39 is 0 Å². The number of benzene rings is 3. The smallest absolute Gasteiger partial charge is 0.216 e. The highest BCUT2D eigenvalue weighted by molar-refractivity contribution is 7.71. The number of aromatic nitrogens is 3. The molecule has 1 heterocycles. The highest BCUT2D eigenvalue weighted by Crippen LogP contribution is 2.18. The lowest BCUT2D eigenvalue weighted by Crippen LogP contribution is -1.96. The van der Waals surface area contributed by atoms with Gasteiger partial charge in [0.25, 0.3) is 0 Å². The normalized spacial score (nSPS) is 11.1. The van der Waals surface area contributed by atoms with Gasteiger partial charge in [-0.25, -0.2) is 9.49 Å². The maximum absolute atomic E-state index is 13.2. The fourth-order valence-corrected chi connectivity index (χ4v) is 2.88. The molecular formula is C22H17FN4OS. The van der Waals surface area contributed by atoms with E-state index >= 15 is 0 Å². The summed E-state index contributed by atoms with van der Waals surface area (Å²) in [5, 5.41) is 11.3. The summed E-state index contributed by atoms with van der Waals surface area (Å²) in [4.78, 5) is 0. The van der Waals surface area contributed by atoms with Gasteiger partial charge < -0.3 is 4.74 Å². The molecule has 0 amide bonds. The summed E-state index contributed by atoms with van der Waals surface area (Å²) in [6.07, 6.45) is 1.68. The van der Waals surface area contributed by atoms with Crippen molar-refractivity contribution in [1.29, 1.82) is 0 Å². The van der Waals surface area contributed by atoms with Crippen LogP contribution in [0.3, 0.4) is 0 Å². The summed E-state index contributed by atoms with van der Waals surface area (Å²) in [6.45, 7) is 0.513. The van der Waals surface area contributed by atoms with Crippen molar-refractivity contribution in [2.24, 2.45) is 5.10 Å². The van der Waals surface area contributed by atoms with E-state index in [0.29, 0.717) is 22.8 Å². The molecule has 1 aromatic heterocycles. The number of hydrogen-bond acceptors (Lipinski definition) is 4. The topological polar surface area (TPSA) is 55.2 Å². The molecule has 29 heavy (non-hydrogen) atoms. The first-order chi connectivity index (χ1) is 14.2. The van der Waals surface area contributed by atoms with Gasteiger partial charge in [-0.05, 0) is 71.9 Å². The van der Waals surface area contributed by atoms with Gasteiger partial charge in [-0.2, -0.15) is 14.9 Å². The lowest BCUT2D eigenvalue weighted by Gasteiger charge is -2.06. The van der Waals surface area contributed by atoms with Crippen molar-refractivity contribution in [3.05, 3.63) is 101 Å². The van der Waals surface area contributed by atoms with Gasteiger partial charge in [-0.1, -0.05) is 30.3 Å². The molecule has 0 saturated heterocycles. The van der Waals surface area contributed by atoms with E-state index in [4.69, 9.17) is 17.0 Å². The van der Waals surface area contributed by atoms with Crippen LogP contribution in [0.2, 0.25) is 0 Å². The van der Waals surface area contributed by atoms with E-state index in [9.17, 15) is 4.39 Å². The summed E-state index contributed by atoms with van der Waals surface area (Å²) < 4.78 is 20.8. The average molecular weight is 404 g/mol. The van der Waals surface area contributed by atoms with E-state index in [2.05, 4.69) is 15.3 Å². The molecule has 0 bridgehead atoms. The summed E-state index contributed by atoms with van der Waals surface area (Å²) in [5.41, 5.74) is 2.70. The van der Waals surface area contributed by atoms with Gasteiger partial charge in [0.15, 0.2) is 5.82 Å². The van der Waals surface area contributed by atoms with E-state index in [-0.39, 0.29) is 5.82 Å². The minimum atomic E-state index is -0.312. The molecule has 5 nitrogen and oxygen atoms in total. The molecule has 0 radical (unpaired) electrons. The van der Waals surface area contributed by atoms with Crippen LogP contribution < -0.4 is 4.74 Å². The Bertz CT molecular complexity index is 1170. The van der Waals surface area contributed by atoms with Crippen molar-refractivity contribution in [2.45, 2.75) is 6.61 Å². The molecule has 1 N–H and O–H groups in total. The summed E-state index contributed by atoms with van der Waals surface area (Å²) >= 11 is 5.25. The summed E-state index contributed by atoms with van der Waals surface area (Å²) in [5.74, 6) is 0.972. The Morgan fingerprint density at radius 3 is 2.45 bits per heavy atom. The molecule has 4 aromatic rings. The molecule has 0 unspecified atom stereocenters. The fourth-order valence-electron chi connectivity index (χ4n) is 2.70. The number of aromatic amines is 1. The lowest BCUT2D eigenvalue weighted by molar-refractivity contribution is 0.306. The molecule has 7 heteroatoms. The Labute approximate surface area is 172 Å². The van der Waals surface area contributed by atoms with Gasteiger partial charge in [0.2, 0.25) is 4.77 Å². The number of rotatable bonds is 6. The first-order valence-corrected chi connectivity index (χ1v) is 9.34. The van der Waals surface area contributed by atoms with Crippen LogP contribution in [0.1, 0.15) is 11.1 Å². The van der Waals surface area contributed by atoms with Crippen molar-refractivity contribution in [3.63, 3.8) is 0 Å². The number of nitrogens with zero attached hydrogens (tertiary/aromatic N) is 3. The van der Waals surface area contributed by atoms with Crippen molar-refractivity contribution in [1.82, 2.24) is 14.9 Å². The monoisotopic (exact) mass is 404 g/mol. The number of hydrogen-bond donors (Lipinski definition) is 1. The zero-order valence-corrected chi connectivity index (χ0v) is 16.1. The Hall–Kier alpha value is -3.58. The minimum Gasteiger partial charge on any atom is -0.489 e. The average Bonchev–Trinajstić information content (AvgIpc) is 3.13. The van der Waals surface area contributed by atoms with Gasteiger partial charge >= 0.3 is 0 Å². The third kappa shape index (κ3) is 4.64. The van der Waals surface area contributed by atoms with Crippen LogP contribution in [-0.4, -0.2) is 21.1 Å². The van der Waals surface area contributed by atoms with Crippen LogP contribution in [0, 0.1) is 10.6 Å². The van der Waals surface area contributed by atoms with Crippen molar-refractivity contribution in [3.8, 4) is 17.1 Å². The number of H-pyrrole nitrogens is 1. The number of halogens is 1. The standard InChI is InChI=1S/C22H17FN4OS/c23-19-10-8-18(9-11-19)21-25-26-22(29)27(21)24-14-16-6-12-20(13-7-16)28-15-17-4-2-1-3-5-17/h1-14H,15H2,(H,26,29)/b24-14-. The van der Waals surface area contributed by atoms with E-state index in [1.54, 1.807) is 18.3 Å². The van der Waals surface area contributed by atoms with Crippen molar-refractivity contribution >= 4 is 18.4 Å². The zero-order valence-electron chi connectivity index (χ0n) is 15.3.